The summed E-state index contributed by atoms with van der Waals surface area (Å²) in [6, 6.07) is 4.21. The zero-order valence-electron chi connectivity index (χ0n) is 8.12. The monoisotopic (exact) mass is 284 g/mol. The fourth-order valence-electron chi connectivity index (χ4n) is 1.82. The molecule has 1 unspecified atom stereocenters. The Morgan fingerprint density at radius 2 is 2.40 bits per heavy atom. The van der Waals surface area contributed by atoms with Crippen LogP contribution in [0.3, 0.4) is 0 Å². The maximum absolute atomic E-state index is 5.48. The van der Waals surface area contributed by atoms with Gasteiger partial charge in [0, 0.05) is 10.4 Å². The van der Waals surface area contributed by atoms with E-state index in [4.69, 9.17) is 9.15 Å². The number of halogens is 1. The van der Waals surface area contributed by atoms with Crippen molar-refractivity contribution >= 4 is 27.3 Å². The van der Waals surface area contributed by atoms with E-state index in [1.807, 2.05) is 6.07 Å². The summed E-state index contributed by atoms with van der Waals surface area (Å²) >= 11 is 5.32. The molecule has 0 spiro atoms. The predicted octanol–water partition coefficient (Wildman–Crippen LogP) is 3.94. The molecule has 0 saturated heterocycles. The predicted molar refractivity (Wildman–Crippen MR) is 62.8 cm³/mol. The summed E-state index contributed by atoms with van der Waals surface area (Å²) in [5.74, 6) is 1.02. The number of furan rings is 1. The summed E-state index contributed by atoms with van der Waals surface area (Å²) in [4.78, 5) is 1.33. The van der Waals surface area contributed by atoms with E-state index in [0.29, 0.717) is 18.5 Å². The Hall–Kier alpha value is -0.740. The first-order valence-electron chi connectivity index (χ1n) is 4.71. The molecule has 0 aliphatic carbocycles. The van der Waals surface area contributed by atoms with Crippen molar-refractivity contribution in [3.8, 4) is 5.95 Å². The average molecular weight is 285 g/mol. The third-order valence-electron chi connectivity index (χ3n) is 2.63. The first-order chi connectivity index (χ1) is 7.25. The van der Waals surface area contributed by atoms with Gasteiger partial charge in [0.15, 0.2) is 0 Å². The molecule has 1 aliphatic rings. The molecule has 1 aliphatic heterocycles. The highest BCUT2D eigenvalue weighted by molar-refractivity contribution is 9.11. The zero-order chi connectivity index (χ0) is 10.4. The normalized spacial score (nSPS) is 18.9. The lowest BCUT2D eigenvalue weighted by atomic mass is 10.0. The molecule has 0 saturated carbocycles. The first kappa shape index (κ1) is 9.48. The second kappa shape index (κ2) is 3.39. The summed E-state index contributed by atoms with van der Waals surface area (Å²) in [6.07, 6.45) is 1.69. The Bertz CT molecular complexity index is 481. The number of fused-ring (bicyclic) bond motifs is 1. The van der Waals surface area contributed by atoms with Gasteiger partial charge in [0.05, 0.1) is 16.0 Å². The fraction of sp³-hybridized carbons (Fsp3) is 0.273. The zero-order valence-corrected chi connectivity index (χ0v) is 10.5. The van der Waals surface area contributed by atoms with Crippen molar-refractivity contribution in [3.05, 3.63) is 38.2 Å². The maximum atomic E-state index is 5.48. The van der Waals surface area contributed by atoms with Crippen molar-refractivity contribution < 1.29 is 9.15 Å². The lowest BCUT2D eigenvalue weighted by Crippen LogP contribution is -2.00. The third-order valence-corrected chi connectivity index (χ3v) is 4.88. The van der Waals surface area contributed by atoms with Gasteiger partial charge in [-0.1, -0.05) is 0 Å². The van der Waals surface area contributed by atoms with Crippen molar-refractivity contribution in [2.24, 2.45) is 0 Å². The van der Waals surface area contributed by atoms with Crippen LogP contribution in [0, 0.1) is 6.92 Å². The summed E-state index contributed by atoms with van der Waals surface area (Å²) in [7, 11) is 0. The summed E-state index contributed by atoms with van der Waals surface area (Å²) in [5.41, 5.74) is 2.45. The lowest BCUT2D eigenvalue weighted by Gasteiger charge is -2.02. The molecule has 15 heavy (non-hydrogen) atoms. The van der Waals surface area contributed by atoms with Gasteiger partial charge in [-0.2, -0.15) is 0 Å². The van der Waals surface area contributed by atoms with E-state index < -0.39 is 0 Å². The van der Waals surface area contributed by atoms with Crippen molar-refractivity contribution in [1.29, 1.82) is 0 Å². The van der Waals surface area contributed by atoms with Crippen molar-refractivity contribution in [1.82, 2.24) is 0 Å². The second-order valence-corrected chi connectivity index (χ2v) is 6.03. The van der Waals surface area contributed by atoms with E-state index in [2.05, 4.69) is 28.9 Å². The van der Waals surface area contributed by atoms with E-state index in [9.17, 15) is 0 Å². The molecular formula is C11H9BrO2S. The minimum atomic E-state index is 0.341. The molecule has 78 valence electrons. The van der Waals surface area contributed by atoms with Gasteiger partial charge in [0.1, 0.15) is 6.61 Å². The van der Waals surface area contributed by atoms with Crippen LogP contribution in [-0.4, -0.2) is 6.61 Å². The van der Waals surface area contributed by atoms with Crippen LogP contribution in [0.5, 0.6) is 5.95 Å². The Balaban J connectivity index is 2.03. The van der Waals surface area contributed by atoms with Gasteiger partial charge in [-0.15, -0.1) is 11.3 Å². The Kier molecular flexibility index (Phi) is 2.14. The van der Waals surface area contributed by atoms with Crippen molar-refractivity contribution in [2.75, 3.05) is 6.61 Å². The fourth-order valence-corrected chi connectivity index (χ4v) is 3.50. The highest BCUT2D eigenvalue weighted by Crippen LogP contribution is 2.43. The van der Waals surface area contributed by atoms with Crippen LogP contribution in [0.2, 0.25) is 0 Å². The average Bonchev–Trinajstić information content (AvgIpc) is 2.81. The van der Waals surface area contributed by atoms with Crippen molar-refractivity contribution in [3.63, 3.8) is 0 Å². The molecule has 4 heteroatoms. The lowest BCUT2D eigenvalue weighted by molar-refractivity contribution is 0.267. The van der Waals surface area contributed by atoms with Crippen LogP contribution in [0.1, 0.15) is 21.9 Å². The number of rotatable bonds is 1. The molecular weight excluding hydrogens is 276 g/mol. The Labute approximate surface area is 100.0 Å². The number of ether oxygens (including phenoxy) is 1. The molecule has 0 aromatic carbocycles. The molecule has 2 aromatic rings. The van der Waals surface area contributed by atoms with Crippen LogP contribution in [0.25, 0.3) is 0 Å². The number of hydrogen-bond acceptors (Lipinski definition) is 3. The smallest absolute Gasteiger partial charge is 0.288 e. The SMILES string of the molecule is Cc1cc(C2COc3occc32)sc1Br. The largest absolute Gasteiger partial charge is 0.464 e. The topological polar surface area (TPSA) is 22.4 Å². The van der Waals surface area contributed by atoms with Crippen LogP contribution in [0.15, 0.2) is 26.6 Å². The van der Waals surface area contributed by atoms with Gasteiger partial charge in [-0.05, 0) is 40.5 Å². The Morgan fingerprint density at radius 3 is 3.13 bits per heavy atom. The molecule has 3 rings (SSSR count). The van der Waals surface area contributed by atoms with Crippen molar-refractivity contribution in [2.45, 2.75) is 12.8 Å². The molecule has 2 aromatic heterocycles. The highest BCUT2D eigenvalue weighted by Gasteiger charge is 2.29. The standard InChI is InChI=1S/C11H9BrO2S/c1-6-4-9(15-10(6)12)8-5-14-11-7(8)2-3-13-11/h2-4,8H,5H2,1H3. The summed E-state index contributed by atoms with van der Waals surface area (Å²) in [5, 5.41) is 0. The number of thiophene rings is 1. The molecule has 0 fully saturated rings. The van der Waals surface area contributed by atoms with E-state index >= 15 is 0 Å². The van der Waals surface area contributed by atoms with Gasteiger partial charge >= 0.3 is 0 Å². The Morgan fingerprint density at radius 1 is 1.53 bits per heavy atom. The molecule has 0 N–H and O–H groups in total. The minimum absolute atomic E-state index is 0.341. The minimum Gasteiger partial charge on any atom is -0.464 e. The number of hydrogen-bond donors (Lipinski definition) is 0. The number of aryl methyl sites for hydroxylation is 1. The van der Waals surface area contributed by atoms with E-state index in [1.165, 1.54) is 19.8 Å². The van der Waals surface area contributed by atoms with Gasteiger partial charge in [0.2, 0.25) is 0 Å². The van der Waals surface area contributed by atoms with E-state index in [-0.39, 0.29) is 0 Å². The second-order valence-electron chi connectivity index (χ2n) is 3.63. The highest BCUT2D eigenvalue weighted by atomic mass is 79.9. The summed E-state index contributed by atoms with van der Waals surface area (Å²) < 4.78 is 11.9. The summed E-state index contributed by atoms with van der Waals surface area (Å²) in [6.45, 7) is 2.80. The molecule has 2 nitrogen and oxygen atoms in total. The van der Waals surface area contributed by atoms with Gasteiger partial charge in [-0.25, -0.2) is 0 Å². The molecule has 1 atom stereocenters. The molecule has 3 heterocycles. The quantitative estimate of drug-likeness (QED) is 0.792. The van der Waals surface area contributed by atoms with Gasteiger partial charge < -0.3 is 9.15 Å². The molecule has 0 amide bonds. The first-order valence-corrected chi connectivity index (χ1v) is 6.32. The third kappa shape index (κ3) is 1.43. The molecule has 0 radical (unpaired) electrons. The van der Waals surface area contributed by atoms with Crippen LogP contribution in [0.4, 0.5) is 0 Å². The van der Waals surface area contributed by atoms with Gasteiger partial charge in [-0.3, -0.25) is 0 Å². The van der Waals surface area contributed by atoms with Gasteiger partial charge in [0.25, 0.3) is 5.95 Å². The van der Waals surface area contributed by atoms with Crippen LogP contribution in [-0.2, 0) is 0 Å². The molecule has 0 bridgehead atoms. The van der Waals surface area contributed by atoms with Crippen LogP contribution < -0.4 is 4.74 Å². The van der Waals surface area contributed by atoms with Crippen LogP contribution >= 0.6 is 27.3 Å². The van der Waals surface area contributed by atoms with E-state index in [1.54, 1.807) is 17.6 Å². The maximum Gasteiger partial charge on any atom is 0.288 e. The van der Waals surface area contributed by atoms with E-state index in [0.717, 1.165) is 0 Å².